The highest BCUT2D eigenvalue weighted by molar-refractivity contribution is 5.30. The van der Waals surface area contributed by atoms with Crippen LogP contribution in [0.25, 0.3) is 0 Å². The predicted molar refractivity (Wildman–Crippen MR) is 45.4 cm³/mol. The van der Waals surface area contributed by atoms with E-state index in [-0.39, 0.29) is 0 Å². The molecular formula is C9H8F5NO. The van der Waals surface area contributed by atoms with Crippen molar-refractivity contribution in [2.24, 2.45) is 5.73 Å². The Hall–Kier alpha value is -1.21. The topological polar surface area (TPSA) is 46.2 Å². The first-order valence-electron chi connectivity index (χ1n) is 4.20. The number of halogens is 5. The van der Waals surface area contributed by atoms with Crippen LogP contribution < -0.4 is 5.73 Å². The van der Waals surface area contributed by atoms with E-state index in [1.54, 1.807) is 0 Å². The molecule has 0 bridgehead atoms. The highest BCUT2D eigenvalue weighted by Crippen LogP contribution is 2.33. The van der Waals surface area contributed by atoms with Gasteiger partial charge in [-0.3, -0.25) is 0 Å². The lowest BCUT2D eigenvalue weighted by molar-refractivity contribution is -0.140. The van der Waals surface area contributed by atoms with E-state index in [0.717, 1.165) is 0 Å². The van der Waals surface area contributed by atoms with Crippen LogP contribution in [0.2, 0.25) is 0 Å². The van der Waals surface area contributed by atoms with Crippen molar-refractivity contribution >= 4 is 0 Å². The molecule has 0 saturated carbocycles. The van der Waals surface area contributed by atoms with E-state index in [9.17, 15) is 22.0 Å². The molecule has 1 aromatic carbocycles. The molecule has 3 N–H and O–H groups in total. The van der Waals surface area contributed by atoms with Gasteiger partial charge in [-0.2, -0.15) is 13.2 Å². The van der Waals surface area contributed by atoms with Crippen molar-refractivity contribution in [2.45, 2.75) is 12.2 Å². The molecular weight excluding hydrogens is 233 g/mol. The van der Waals surface area contributed by atoms with E-state index >= 15 is 0 Å². The van der Waals surface area contributed by atoms with E-state index in [1.807, 2.05) is 0 Å². The number of aliphatic hydroxyl groups excluding tert-OH is 1. The molecule has 0 amide bonds. The van der Waals surface area contributed by atoms with Gasteiger partial charge in [-0.15, -0.1) is 0 Å². The Balaban J connectivity index is 3.29. The van der Waals surface area contributed by atoms with Gasteiger partial charge in [-0.1, -0.05) is 6.07 Å². The number of hydrogen-bond donors (Lipinski definition) is 2. The summed E-state index contributed by atoms with van der Waals surface area (Å²) in [6, 6.07) is -0.150. The van der Waals surface area contributed by atoms with Gasteiger partial charge < -0.3 is 10.8 Å². The zero-order chi connectivity index (χ0) is 12.5. The van der Waals surface area contributed by atoms with Crippen LogP contribution in [0.15, 0.2) is 12.1 Å². The van der Waals surface area contributed by atoms with Crippen LogP contribution >= 0.6 is 0 Å². The van der Waals surface area contributed by atoms with Gasteiger partial charge in [0.15, 0.2) is 11.6 Å². The molecule has 0 aliphatic carbocycles. The fourth-order valence-electron chi connectivity index (χ4n) is 1.17. The second-order valence-electron chi connectivity index (χ2n) is 3.12. The molecule has 0 aliphatic heterocycles. The summed E-state index contributed by atoms with van der Waals surface area (Å²) in [7, 11) is 0. The molecule has 0 fully saturated rings. The van der Waals surface area contributed by atoms with Gasteiger partial charge in [0.05, 0.1) is 18.2 Å². The summed E-state index contributed by atoms with van der Waals surface area (Å²) in [5.41, 5.74) is 3.00. The third-order valence-electron chi connectivity index (χ3n) is 2.01. The summed E-state index contributed by atoms with van der Waals surface area (Å²) >= 11 is 0. The van der Waals surface area contributed by atoms with Crippen molar-refractivity contribution in [3.05, 3.63) is 34.9 Å². The van der Waals surface area contributed by atoms with Crippen molar-refractivity contribution in [3.63, 3.8) is 0 Å². The van der Waals surface area contributed by atoms with E-state index in [2.05, 4.69) is 0 Å². The molecule has 0 aromatic heterocycles. The van der Waals surface area contributed by atoms with Crippen molar-refractivity contribution < 1.29 is 27.1 Å². The van der Waals surface area contributed by atoms with Crippen LogP contribution in [0.4, 0.5) is 22.0 Å². The third-order valence-corrected chi connectivity index (χ3v) is 2.01. The van der Waals surface area contributed by atoms with Gasteiger partial charge in [-0.05, 0) is 6.07 Å². The number of alkyl halides is 3. The molecule has 1 aromatic rings. The summed E-state index contributed by atoms with van der Waals surface area (Å²) in [6.45, 7) is -0.693. The Bertz CT molecular complexity index is 390. The van der Waals surface area contributed by atoms with Crippen LogP contribution in [0.1, 0.15) is 17.2 Å². The van der Waals surface area contributed by atoms with E-state index in [4.69, 9.17) is 10.8 Å². The normalized spacial score (nSPS) is 13.9. The maximum absolute atomic E-state index is 13.2. The summed E-state index contributed by atoms with van der Waals surface area (Å²) in [5.74, 6) is -3.69. The SMILES string of the molecule is N[C@H](CO)c1ccc(C(F)(F)F)c(F)c1F. The van der Waals surface area contributed by atoms with E-state index in [1.165, 1.54) is 0 Å². The third kappa shape index (κ3) is 2.30. The summed E-state index contributed by atoms with van der Waals surface area (Å²) < 4.78 is 62.7. The van der Waals surface area contributed by atoms with Crippen molar-refractivity contribution in [2.75, 3.05) is 6.61 Å². The fraction of sp³-hybridized carbons (Fsp3) is 0.333. The smallest absolute Gasteiger partial charge is 0.394 e. The Labute approximate surface area is 87.5 Å². The first-order valence-corrected chi connectivity index (χ1v) is 4.20. The number of hydrogen-bond acceptors (Lipinski definition) is 2. The van der Waals surface area contributed by atoms with Crippen LogP contribution in [0.3, 0.4) is 0 Å². The zero-order valence-electron chi connectivity index (χ0n) is 7.85. The number of nitrogens with two attached hydrogens (primary N) is 1. The molecule has 90 valence electrons. The average Bonchev–Trinajstić information content (AvgIpc) is 2.19. The summed E-state index contributed by atoms with van der Waals surface area (Å²) in [5, 5.41) is 8.60. The maximum Gasteiger partial charge on any atom is 0.419 e. The first-order chi connectivity index (χ1) is 7.29. The second-order valence-corrected chi connectivity index (χ2v) is 3.12. The van der Waals surface area contributed by atoms with Crippen molar-refractivity contribution in [1.29, 1.82) is 0 Å². The maximum atomic E-state index is 13.2. The van der Waals surface area contributed by atoms with E-state index < -0.39 is 41.6 Å². The minimum Gasteiger partial charge on any atom is -0.394 e. The molecule has 0 aliphatic rings. The number of aliphatic hydroxyl groups is 1. The van der Waals surface area contributed by atoms with Crippen LogP contribution in [0, 0.1) is 11.6 Å². The van der Waals surface area contributed by atoms with Gasteiger partial charge in [-0.25, -0.2) is 8.78 Å². The van der Waals surface area contributed by atoms with Crippen LogP contribution in [-0.2, 0) is 6.18 Å². The lowest BCUT2D eigenvalue weighted by Crippen LogP contribution is -2.19. The lowest BCUT2D eigenvalue weighted by Gasteiger charge is -2.13. The molecule has 2 nitrogen and oxygen atoms in total. The Morgan fingerprint density at radius 3 is 2.19 bits per heavy atom. The fourth-order valence-corrected chi connectivity index (χ4v) is 1.17. The molecule has 7 heteroatoms. The standard InChI is InChI=1S/C9H8F5NO/c10-7-4(6(15)3-16)1-2-5(8(7)11)9(12,13)14/h1-2,6,16H,3,15H2/t6-/m1/s1. The number of rotatable bonds is 2. The first kappa shape index (κ1) is 12.9. The van der Waals surface area contributed by atoms with E-state index in [0.29, 0.717) is 12.1 Å². The summed E-state index contributed by atoms with van der Waals surface area (Å²) in [4.78, 5) is 0. The van der Waals surface area contributed by atoms with Crippen molar-refractivity contribution in [3.8, 4) is 0 Å². The van der Waals surface area contributed by atoms with Gasteiger partial charge in [0.1, 0.15) is 0 Å². The molecule has 0 unspecified atom stereocenters. The molecule has 0 radical (unpaired) electrons. The molecule has 16 heavy (non-hydrogen) atoms. The average molecular weight is 241 g/mol. The highest BCUT2D eigenvalue weighted by Gasteiger charge is 2.36. The molecule has 0 heterocycles. The minimum atomic E-state index is -4.97. The summed E-state index contributed by atoms with van der Waals surface area (Å²) in [6.07, 6.45) is -4.97. The van der Waals surface area contributed by atoms with Gasteiger partial charge in [0.2, 0.25) is 0 Å². The molecule has 0 spiro atoms. The molecule has 0 saturated heterocycles. The largest absolute Gasteiger partial charge is 0.419 e. The van der Waals surface area contributed by atoms with Gasteiger partial charge in [0.25, 0.3) is 0 Å². The quantitative estimate of drug-likeness (QED) is 0.777. The van der Waals surface area contributed by atoms with Gasteiger partial charge in [0, 0.05) is 5.56 Å². The second kappa shape index (κ2) is 4.34. The van der Waals surface area contributed by atoms with Crippen LogP contribution in [0.5, 0.6) is 0 Å². The van der Waals surface area contributed by atoms with Crippen molar-refractivity contribution in [1.82, 2.24) is 0 Å². The Kier molecular flexibility index (Phi) is 3.49. The zero-order valence-corrected chi connectivity index (χ0v) is 7.85. The molecule has 1 rings (SSSR count). The Morgan fingerprint density at radius 2 is 1.75 bits per heavy atom. The monoisotopic (exact) mass is 241 g/mol. The lowest BCUT2D eigenvalue weighted by atomic mass is 10.0. The molecule has 1 atom stereocenters. The number of benzene rings is 1. The van der Waals surface area contributed by atoms with Crippen LogP contribution in [-0.4, -0.2) is 11.7 Å². The van der Waals surface area contributed by atoms with Gasteiger partial charge >= 0.3 is 6.18 Å². The highest BCUT2D eigenvalue weighted by atomic mass is 19.4. The predicted octanol–water partition coefficient (Wildman–Crippen LogP) is 1.98. The minimum absolute atomic E-state index is 0.392. The Morgan fingerprint density at radius 1 is 1.19 bits per heavy atom.